The number of quaternary nitrogens is 1. The van der Waals surface area contributed by atoms with Crippen LogP contribution in [0.25, 0.3) is 0 Å². The van der Waals surface area contributed by atoms with E-state index in [9.17, 15) is 39.4 Å². The summed E-state index contributed by atoms with van der Waals surface area (Å²) in [6.07, 6.45) is 0.837. The number of hydrogen-bond donors (Lipinski definition) is 4. The third kappa shape index (κ3) is 4.71. The van der Waals surface area contributed by atoms with Crippen molar-refractivity contribution in [2.45, 2.75) is 44.1 Å². The number of phenols is 2. The maximum Gasteiger partial charge on any atom is 0.397 e. The Kier molecular flexibility index (Phi) is 7.06. The molecule has 0 radical (unpaired) electrons. The molecule has 0 saturated carbocycles. The van der Waals surface area contributed by atoms with Gasteiger partial charge in [-0.2, -0.15) is 5.21 Å². The predicted octanol–water partition coefficient (Wildman–Crippen LogP) is 3.47. The second kappa shape index (κ2) is 10.8. The van der Waals surface area contributed by atoms with Crippen LogP contribution in [0.2, 0.25) is 0 Å². The number of hydrogen-bond acceptors (Lipinski definition) is 11. The molecule has 0 unspecified atom stereocenters. The maximum absolute atomic E-state index is 13.2. The summed E-state index contributed by atoms with van der Waals surface area (Å²) in [4.78, 5) is 64.2. The van der Waals surface area contributed by atoms with Gasteiger partial charge in [0.2, 0.25) is 0 Å². The van der Waals surface area contributed by atoms with E-state index >= 15 is 0 Å². The van der Waals surface area contributed by atoms with Crippen LogP contribution in [0.15, 0.2) is 54.6 Å². The zero-order valence-corrected chi connectivity index (χ0v) is 23.2. The molecule has 3 heterocycles. The summed E-state index contributed by atoms with van der Waals surface area (Å²) < 4.78 is 12.0. The second-order valence-electron chi connectivity index (χ2n) is 10.7. The molecule has 13 nitrogen and oxygen atoms in total. The normalized spacial score (nSPS) is 16.9. The quantitative estimate of drug-likeness (QED) is 0.0971. The van der Waals surface area contributed by atoms with E-state index in [0.29, 0.717) is 36.0 Å². The minimum atomic E-state index is -1.94. The van der Waals surface area contributed by atoms with Crippen molar-refractivity contribution in [1.82, 2.24) is 5.32 Å². The van der Waals surface area contributed by atoms with Gasteiger partial charge in [-0.15, -0.1) is 0 Å². The Balaban J connectivity index is 1.11. The predicted molar refractivity (Wildman–Crippen MR) is 146 cm³/mol. The molecule has 0 aromatic heterocycles. The second-order valence-corrected chi connectivity index (χ2v) is 10.7. The highest BCUT2D eigenvalue weighted by atomic mass is 17.0. The summed E-state index contributed by atoms with van der Waals surface area (Å²) in [7, 11) is 0. The standard InChI is InChI=1S/C31H26N2O11/c34-18-6-9-22-24(15-18)42-25-16-19(35)7-10-23(25)31(22)21-8-5-17(14-20(21)30(40)43-31)29(39)32-13-3-1-2-4-28(38)44-33(41)26(36)11-12-27(33)37/h5-10,14-16,41H,1-4,11-13H2,(H2-,32,34,35,39)/p+1. The summed E-state index contributed by atoms with van der Waals surface area (Å²) in [6.45, 7) is 0.265. The fourth-order valence-corrected chi connectivity index (χ4v) is 5.67. The highest BCUT2D eigenvalue weighted by molar-refractivity contribution is 6.01. The first-order chi connectivity index (χ1) is 21.0. The lowest BCUT2D eigenvalue weighted by atomic mass is 9.77. The van der Waals surface area contributed by atoms with Gasteiger partial charge in [-0.25, -0.2) is 24.0 Å². The molecule has 0 aliphatic carbocycles. The van der Waals surface area contributed by atoms with Crippen molar-refractivity contribution in [2.75, 3.05) is 6.54 Å². The number of imide groups is 1. The van der Waals surface area contributed by atoms with Crippen LogP contribution in [-0.4, -0.2) is 56.4 Å². The van der Waals surface area contributed by atoms with Gasteiger partial charge in [0.15, 0.2) is 5.60 Å². The zero-order chi connectivity index (χ0) is 31.2. The van der Waals surface area contributed by atoms with Crippen molar-refractivity contribution in [3.63, 3.8) is 0 Å². The fourth-order valence-electron chi connectivity index (χ4n) is 5.67. The SMILES string of the molecule is O=C(CCCCCNC(=O)c1ccc2c(c1)C(=O)OC21c2ccc(O)cc2Oc2cc(O)ccc21)O[N+]1(O)C(=O)CCC1=O. The molecule has 44 heavy (non-hydrogen) atoms. The van der Waals surface area contributed by atoms with Crippen molar-refractivity contribution < 1.29 is 58.5 Å². The van der Waals surface area contributed by atoms with Crippen molar-refractivity contribution in [1.29, 1.82) is 0 Å². The van der Waals surface area contributed by atoms with E-state index in [1.165, 1.54) is 30.3 Å². The molecule has 4 N–H and O–H groups in total. The molecule has 3 aromatic carbocycles. The van der Waals surface area contributed by atoms with Gasteiger partial charge in [-0.3, -0.25) is 4.79 Å². The Morgan fingerprint density at radius 2 is 1.45 bits per heavy atom. The highest BCUT2D eigenvalue weighted by Gasteiger charge is 2.56. The van der Waals surface area contributed by atoms with Crippen molar-refractivity contribution >= 4 is 29.7 Å². The molecule has 13 heteroatoms. The van der Waals surface area contributed by atoms with Gasteiger partial charge in [0, 0.05) is 40.9 Å². The van der Waals surface area contributed by atoms with Gasteiger partial charge < -0.3 is 25.0 Å². The highest BCUT2D eigenvalue weighted by Crippen LogP contribution is 2.57. The number of rotatable bonds is 8. The summed E-state index contributed by atoms with van der Waals surface area (Å²) in [6, 6.07) is 13.5. The molecular formula is C31H27N2O11+. The fraction of sp³-hybridized carbons (Fsp3) is 0.258. The number of esters is 1. The van der Waals surface area contributed by atoms with E-state index in [1.54, 1.807) is 24.3 Å². The Bertz CT molecular complexity index is 1680. The molecule has 0 bridgehead atoms. The Morgan fingerprint density at radius 3 is 2.09 bits per heavy atom. The number of ether oxygens (including phenoxy) is 2. The van der Waals surface area contributed by atoms with Crippen LogP contribution >= 0.6 is 0 Å². The van der Waals surface area contributed by atoms with Gasteiger partial charge >= 0.3 is 23.8 Å². The number of phenolic OH excluding ortho intramolecular Hbond substituents is 2. The van der Waals surface area contributed by atoms with Crippen LogP contribution in [0.1, 0.15) is 75.9 Å². The van der Waals surface area contributed by atoms with E-state index in [-0.39, 0.29) is 59.9 Å². The number of nitrogens with one attached hydrogen (secondary N) is 1. The molecule has 6 rings (SSSR count). The number of unbranched alkanes of at least 4 members (excludes halogenated alkanes) is 2. The Morgan fingerprint density at radius 1 is 0.841 bits per heavy atom. The third-order valence-corrected chi connectivity index (χ3v) is 7.84. The molecule has 0 atom stereocenters. The van der Waals surface area contributed by atoms with Gasteiger partial charge in [0.1, 0.15) is 27.8 Å². The van der Waals surface area contributed by atoms with Crippen molar-refractivity contribution in [2.24, 2.45) is 0 Å². The first-order valence-corrected chi connectivity index (χ1v) is 13.9. The topological polar surface area (TPSA) is 186 Å². The van der Waals surface area contributed by atoms with Crippen LogP contribution in [0.4, 0.5) is 0 Å². The maximum atomic E-state index is 13.2. The molecule has 1 saturated heterocycles. The van der Waals surface area contributed by atoms with E-state index in [0.717, 1.165) is 0 Å². The number of carbonyl (C=O) groups excluding carboxylic acids is 5. The number of amides is 3. The van der Waals surface area contributed by atoms with Crippen molar-refractivity contribution in [3.8, 4) is 23.0 Å². The van der Waals surface area contributed by atoms with Gasteiger partial charge in [-0.1, -0.05) is 12.5 Å². The average Bonchev–Trinajstić information content (AvgIpc) is 3.41. The lowest BCUT2D eigenvalue weighted by Gasteiger charge is -2.36. The number of carbonyl (C=O) groups is 5. The van der Waals surface area contributed by atoms with Gasteiger partial charge in [-0.05, 0) is 49.2 Å². The van der Waals surface area contributed by atoms with Crippen LogP contribution in [0.5, 0.6) is 23.0 Å². The molecule has 3 amide bonds. The minimum Gasteiger partial charge on any atom is -0.508 e. The number of aromatic hydroxyl groups is 2. The van der Waals surface area contributed by atoms with E-state index in [4.69, 9.17) is 9.47 Å². The smallest absolute Gasteiger partial charge is 0.397 e. The van der Waals surface area contributed by atoms with Crippen LogP contribution in [0.3, 0.4) is 0 Å². The zero-order valence-electron chi connectivity index (χ0n) is 23.2. The van der Waals surface area contributed by atoms with E-state index < -0.39 is 40.1 Å². The minimum absolute atomic E-state index is 0.0612. The molecule has 1 fully saturated rings. The lowest BCUT2D eigenvalue weighted by Crippen LogP contribution is -2.50. The molecular weight excluding hydrogens is 576 g/mol. The monoisotopic (exact) mass is 603 g/mol. The van der Waals surface area contributed by atoms with E-state index in [1.807, 2.05) is 0 Å². The molecule has 1 spiro atoms. The van der Waals surface area contributed by atoms with Gasteiger partial charge in [0.25, 0.3) is 5.91 Å². The van der Waals surface area contributed by atoms with Crippen LogP contribution < -0.4 is 10.1 Å². The Hall–Kier alpha value is -5.27. The molecule has 3 aliphatic rings. The van der Waals surface area contributed by atoms with Crippen LogP contribution in [-0.2, 0) is 29.6 Å². The molecule has 3 aromatic rings. The van der Waals surface area contributed by atoms with Gasteiger partial charge in [0.05, 0.1) is 24.8 Å². The summed E-state index contributed by atoms with van der Waals surface area (Å²) in [5, 5.41) is 32.8. The van der Waals surface area contributed by atoms with Crippen molar-refractivity contribution in [3.05, 3.63) is 82.4 Å². The first kappa shape index (κ1) is 28.8. The number of nitrogens with zero attached hydrogens (tertiary/aromatic N) is 1. The average molecular weight is 604 g/mol. The number of fused-ring (bicyclic) bond motifs is 6. The lowest BCUT2D eigenvalue weighted by molar-refractivity contribution is -1.12. The molecule has 3 aliphatic heterocycles. The summed E-state index contributed by atoms with van der Waals surface area (Å²) >= 11 is 0. The first-order valence-electron chi connectivity index (χ1n) is 13.9. The summed E-state index contributed by atoms with van der Waals surface area (Å²) in [5.41, 5.74) is 0.377. The van der Waals surface area contributed by atoms with E-state index in [2.05, 4.69) is 10.2 Å². The Labute approximate surface area is 249 Å². The number of benzene rings is 3. The van der Waals surface area contributed by atoms with Crippen LogP contribution in [0, 0.1) is 0 Å². The number of hydroxylamine groups is 4. The summed E-state index contributed by atoms with van der Waals surface area (Å²) in [5.74, 6) is -3.38. The molecule has 226 valence electrons. The third-order valence-electron chi connectivity index (χ3n) is 7.84. The largest absolute Gasteiger partial charge is 0.508 e.